The van der Waals surface area contributed by atoms with E-state index in [1.165, 1.54) is 0 Å². The van der Waals surface area contributed by atoms with Crippen molar-refractivity contribution in [2.45, 2.75) is 32.3 Å². The lowest BCUT2D eigenvalue weighted by molar-refractivity contribution is -0.145. The number of hydrogen-bond acceptors (Lipinski definition) is 3. The van der Waals surface area contributed by atoms with Crippen LogP contribution in [0, 0.1) is 5.92 Å². The molecular formula is C8H15ClO3. The van der Waals surface area contributed by atoms with Gasteiger partial charge in [-0.05, 0) is 12.8 Å². The fourth-order valence-electron chi connectivity index (χ4n) is 0.699. The first-order chi connectivity index (χ1) is 5.50. The van der Waals surface area contributed by atoms with E-state index in [4.69, 9.17) is 11.6 Å². The smallest absolute Gasteiger partial charge is 0.326 e. The van der Waals surface area contributed by atoms with Crippen LogP contribution in [0.5, 0.6) is 0 Å². The first-order valence-electron chi connectivity index (χ1n) is 3.99. The van der Waals surface area contributed by atoms with Crippen molar-refractivity contribution in [2.75, 3.05) is 6.61 Å². The van der Waals surface area contributed by atoms with E-state index in [2.05, 4.69) is 4.74 Å². The third kappa shape index (κ3) is 3.41. The van der Waals surface area contributed by atoms with Crippen molar-refractivity contribution in [2.24, 2.45) is 5.92 Å². The SMILES string of the molecule is CCOC(=O)[C@@H](Cl)[C@@H](O)C(C)C. The molecule has 4 heteroatoms. The van der Waals surface area contributed by atoms with E-state index in [1.54, 1.807) is 20.8 Å². The van der Waals surface area contributed by atoms with Gasteiger partial charge in [0.2, 0.25) is 0 Å². The van der Waals surface area contributed by atoms with Gasteiger partial charge in [0.05, 0.1) is 12.7 Å². The standard InChI is InChI=1S/C8H15ClO3/c1-4-12-8(11)6(9)7(10)5(2)3/h5-7,10H,4H2,1-3H3/t6-,7-/m0/s1. The fraction of sp³-hybridized carbons (Fsp3) is 0.875. The number of aliphatic hydroxyl groups excluding tert-OH is 1. The summed E-state index contributed by atoms with van der Waals surface area (Å²) in [5.41, 5.74) is 0. The summed E-state index contributed by atoms with van der Waals surface area (Å²) < 4.78 is 4.64. The van der Waals surface area contributed by atoms with E-state index in [0.29, 0.717) is 0 Å². The number of halogens is 1. The Balaban J connectivity index is 4.00. The second-order valence-corrected chi connectivity index (χ2v) is 3.36. The Morgan fingerprint density at radius 1 is 1.58 bits per heavy atom. The van der Waals surface area contributed by atoms with Gasteiger partial charge in [0.15, 0.2) is 5.38 Å². The predicted molar refractivity (Wildman–Crippen MR) is 47.1 cm³/mol. The first kappa shape index (κ1) is 11.7. The minimum Gasteiger partial charge on any atom is -0.465 e. The van der Waals surface area contributed by atoms with Crippen LogP contribution in [0.1, 0.15) is 20.8 Å². The highest BCUT2D eigenvalue weighted by Gasteiger charge is 2.27. The Kier molecular flexibility index (Phi) is 5.25. The molecule has 0 radical (unpaired) electrons. The maximum Gasteiger partial charge on any atom is 0.326 e. The van der Waals surface area contributed by atoms with Crippen LogP contribution in [0.2, 0.25) is 0 Å². The first-order valence-corrected chi connectivity index (χ1v) is 4.43. The average molecular weight is 195 g/mol. The third-order valence-corrected chi connectivity index (χ3v) is 1.93. The molecule has 0 aromatic rings. The molecular weight excluding hydrogens is 180 g/mol. The van der Waals surface area contributed by atoms with Gasteiger partial charge < -0.3 is 9.84 Å². The Morgan fingerprint density at radius 3 is 2.42 bits per heavy atom. The zero-order valence-corrected chi connectivity index (χ0v) is 8.34. The van der Waals surface area contributed by atoms with E-state index in [0.717, 1.165) is 0 Å². The topological polar surface area (TPSA) is 46.5 Å². The van der Waals surface area contributed by atoms with E-state index in [-0.39, 0.29) is 12.5 Å². The molecule has 0 heterocycles. The van der Waals surface area contributed by atoms with Gasteiger partial charge in [-0.25, -0.2) is 0 Å². The molecule has 1 N–H and O–H groups in total. The normalized spacial score (nSPS) is 15.8. The highest BCUT2D eigenvalue weighted by atomic mass is 35.5. The van der Waals surface area contributed by atoms with Crippen molar-refractivity contribution in [1.82, 2.24) is 0 Å². The molecule has 3 nitrogen and oxygen atoms in total. The largest absolute Gasteiger partial charge is 0.465 e. The third-order valence-electron chi connectivity index (χ3n) is 1.49. The van der Waals surface area contributed by atoms with Gasteiger partial charge >= 0.3 is 5.97 Å². The van der Waals surface area contributed by atoms with Gasteiger partial charge in [-0.3, -0.25) is 4.79 Å². The van der Waals surface area contributed by atoms with Crippen molar-refractivity contribution < 1.29 is 14.6 Å². The average Bonchev–Trinajstić information content (AvgIpc) is 2.02. The Morgan fingerprint density at radius 2 is 2.08 bits per heavy atom. The van der Waals surface area contributed by atoms with Crippen molar-refractivity contribution in [3.63, 3.8) is 0 Å². The van der Waals surface area contributed by atoms with Crippen LogP contribution >= 0.6 is 11.6 Å². The van der Waals surface area contributed by atoms with E-state index >= 15 is 0 Å². The number of carbonyl (C=O) groups is 1. The molecule has 0 aromatic heterocycles. The molecule has 0 rings (SSSR count). The summed E-state index contributed by atoms with van der Waals surface area (Å²) in [5, 5.41) is 8.41. The number of rotatable bonds is 4. The molecule has 0 aliphatic rings. The van der Waals surface area contributed by atoms with Gasteiger partial charge in [0.1, 0.15) is 0 Å². The highest BCUT2D eigenvalue weighted by Crippen LogP contribution is 2.13. The van der Waals surface area contributed by atoms with Crippen molar-refractivity contribution >= 4 is 17.6 Å². The lowest BCUT2D eigenvalue weighted by Crippen LogP contribution is -2.34. The van der Waals surface area contributed by atoms with Crippen LogP contribution in [0.25, 0.3) is 0 Å². The number of ether oxygens (including phenoxy) is 1. The Labute approximate surface area is 77.7 Å². The summed E-state index contributed by atoms with van der Waals surface area (Å²) in [5.74, 6) is -0.600. The second-order valence-electron chi connectivity index (χ2n) is 2.89. The van der Waals surface area contributed by atoms with Crippen LogP contribution in [0.4, 0.5) is 0 Å². The number of aliphatic hydroxyl groups is 1. The zero-order valence-electron chi connectivity index (χ0n) is 7.58. The summed E-state index contributed by atoms with van der Waals surface area (Å²) in [4.78, 5) is 11.0. The number of carbonyl (C=O) groups excluding carboxylic acids is 1. The molecule has 0 aliphatic carbocycles. The van der Waals surface area contributed by atoms with Crippen LogP contribution < -0.4 is 0 Å². The van der Waals surface area contributed by atoms with Gasteiger partial charge in [0, 0.05) is 0 Å². The second kappa shape index (κ2) is 5.38. The summed E-state index contributed by atoms with van der Waals surface area (Å²) in [6.45, 7) is 5.56. The van der Waals surface area contributed by atoms with Crippen LogP contribution in [-0.2, 0) is 9.53 Å². The van der Waals surface area contributed by atoms with Crippen LogP contribution in [0.3, 0.4) is 0 Å². The molecule has 0 fully saturated rings. The molecule has 72 valence electrons. The zero-order chi connectivity index (χ0) is 9.72. The van der Waals surface area contributed by atoms with Crippen molar-refractivity contribution in [3.05, 3.63) is 0 Å². The number of alkyl halides is 1. The maximum absolute atomic E-state index is 11.0. The fourth-order valence-corrected chi connectivity index (χ4v) is 1.05. The molecule has 0 aromatic carbocycles. The molecule has 0 unspecified atom stereocenters. The quantitative estimate of drug-likeness (QED) is 0.540. The van der Waals surface area contributed by atoms with E-state index in [1.807, 2.05) is 0 Å². The Hall–Kier alpha value is -0.280. The monoisotopic (exact) mass is 194 g/mol. The van der Waals surface area contributed by atoms with Gasteiger partial charge in [-0.1, -0.05) is 13.8 Å². The summed E-state index contributed by atoms with van der Waals surface area (Å²) in [6, 6.07) is 0. The molecule has 12 heavy (non-hydrogen) atoms. The molecule has 0 aliphatic heterocycles. The van der Waals surface area contributed by atoms with E-state index < -0.39 is 17.5 Å². The van der Waals surface area contributed by atoms with Crippen molar-refractivity contribution in [1.29, 1.82) is 0 Å². The minimum atomic E-state index is -0.954. The maximum atomic E-state index is 11.0. The predicted octanol–water partition coefficient (Wildman–Crippen LogP) is 1.17. The summed E-state index contributed by atoms with van der Waals surface area (Å²) in [7, 11) is 0. The molecule has 0 bridgehead atoms. The molecule has 0 spiro atoms. The van der Waals surface area contributed by atoms with Gasteiger partial charge in [-0.15, -0.1) is 11.6 Å². The molecule has 0 saturated carbocycles. The lowest BCUT2D eigenvalue weighted by atomic mass is 10.0. The summed E-state index contributed by atoms with van der Waals surface area (Å²) in [6.07, 6.45) is -0.842. The van der Waals surface area contributed by atoms with Crippen molar-refractivity contribution in [3.8, 4) is 0 Å². The van der Waals surface area contributed by atoms with Gasteiger partial charge in [0.25, 0.3) is 0 Å². The molecule has 0 saturated heterocycles. The minimum absolute atomic E-state index is 0.0445. The van der Waals surface area contributed by atoms with Crippen LogP contribution in [0.15, 0.2) is 0 Å². The molecule has 2 atom stereocenters. The molecule has 0 amide bonds. The number of esters is 1. The van der Waals surface area contributed by atoms with Gasteiger partial charge in [-0.2, -0.15) is 0 Å². The lowest BCUT2D eigenvalue weighted by Gasteiger charge is -2.18. The van der Waals surface area contributed by atoms with Crippen LogP contribution in [-0.4, -0.2) is 29.2 Å². The number of hydrogen-bond donors (Lipinski definition) is 1. The Bertz CT molecular complexity index is 147. The summed E-state index contributed by atoms with van der Waals surface area (Å²) >= 11 is 5.63. The van der Waals surface area contributed by atoms with E-state index in [9.17, 15) is 9.90 Å². The highest BCUT2D eigenvalue weighted by molar-refractivity contribution is 6.30.